The molecule has 0 spiro atoms. The van der Waals surface area contributed by atoms with Crippen molar-refractivity contribution in [2.24, 2.45) is 0 Å². The smallest absolute Gasteiger partial charge is 0.126 e. The minimum absolute atomic E-state index is 0.0714. The predicted octanol–water partition coefficient (Wildman–Crippen LogP) is 4.26. The molecule has 1 aromatic carbocycles. The summed E-state index contributed by atoms with van der Waals surface area (Å²) >= 11 is 0. The van der Waals surface area contributed by atoms with Crippen molar-refractivity contribution in [1.82, 2.24) is 5.32 Å². The van der Waals surface area contributed by atoms with E-state index in [0.717, 1.165) is 50.9 Å². The van der Waals surface area contributed by atoms with Gasteiger partial charge in [0, 0.05) is 13.2 Å². The van der Waals surface area contributed by atoms with E-state index in [1.807, 2.05) is 12.1 Å². The van der Waals surface area contributed by atoms with Crippen LogP contribution in [0.3, 0.4) is 0 Å². The highest BCUT2D eigenvalue weighted by Crippen LogP contribution is 2.26. The molecule has 1 aliphatic heterocycles. The first kappa shape index (κ1) is 16.4. The van der Waals surface area contributed by atoms with E-state index in [1.54, 1.807) is 12.1 Å². The third-order valence-corrected chi connectivity index (χ3v) is 4.27. The van der Waals surface area contributed by atoms with Gasteiger partial charge in [0.25, 0.3) is 0 Å². The molecule has 1 heterocycles. The summed E-state index contributed by atoms with van der Waals surface area (Å²) in [5, 5.41) is 3.44. The van der Waals surface area contributed by atoms with Crippen LogP contribution in [0.25, 0.3) is 0 Å². The Morgan fingerprint density at radius 2 is 2.24 bits per heavy atom. The molecule has 2 nitrogen and oxygen atoms in total. The number of halogens is 1. The number of nitrogens with one attached hydrogen (secondary N) is 1. The highest BCUT2D eigenvalue weighted by atomic mass is 19.1. The molecule has 1 aromatic rings. The maximum atomic E-state index is 14.0. The van der Waals surface area contributed by atoms with E-state index in [1.165, 1.54) is 12.8 Å². The zero-order valence-corrected chi connectivity index (χ0v) is 13.1. The van der Waals surface area contributed by atoms with Gasteiger partial charge in [0.2, 0.25) is 0 Å². The van der Waals surface area contributed by atoms with Crippen molar-refractivity contribution in [2.45, 2.75) is 57.5 Å². The zero-order valence-electron chi connectivity index (χ0n) is 13.1. The summed E-state index contributed by atoms with van der Waals surface area (Å²) in [5.41, 5.74) is 0.855. The van der Waals surface area contributed by atoms with Gasteiger partial charge in [-0.1, -0.05) is 31.5 Å². The second-order valence-electron chi connectivity index (χ2n) is 5.99. The first-order chi connectivity index (χ1) is 10.3. The van der Waals surface area contributed by atoms with E-state index < -0.39 is 0 Å². The van der Waals surface area contributed by atoms with Crippen LogP contribution in [0.4, 0.5) is 4.39 Å². The fourth-order valence-corrected chi connectivity index (χ4v) is 3.09. The largest absolute Gasteiger partial charge is 0.378 e. The van der Waals surface area contributed by atoms with E-state index >= 15 is 0 Å². The van der Waals surface area contributed by atoms with Crippen molar-refractivity contribution < 1.29 is 9.13 Å². The lowest BCUT2D eigenvalue weighted by molar-refractivity contribution is 0.101. The van der Waals surface area contributed by atoms with Crippen LogP contribution in [-0.4, -0.2) is 25.8 Å². The van der Waals surface area contributed by atoms with Gasteiger partial charge in [-0.25, -0.2) is 4.39 Å². The predicted molar refractivity (Wildman–Crippen MR) is 85.1 cm³/mol. The molecule has 1 N–H and O–H groups in total. The molecule has 0 amide bonds. The SMILES string of the molecule is CCCNCC(CCCC1CCCO1)c1ccccc1F. The van der Waals surface area contributed by atoms with Crippen LogP contribution in [0.2, 0.25) is 0 Å². The summed E-state index contributed by atoms with van der Waals surface area (Å²) in [7, 11) is 0. The first-order valence-corrected chi connectivity index (χ1v) is 8.38. The second-order valence-corrected chi connectivity index (χ2v) is 5.99. The molecule has 2 rings (SSSR count). The van der Waals surface area contributed by atoms with Gasteiger partial charge in [-0.15, -0.1) is 0 Å². The van der Waals surface area contributed by atoms with E-state index in [4.69, 9.17) is 4.74 Å². The normalized spacial score (nSPS) is 19.8. The summed E-state index contributed by atoms with van der Waals surface area (Å²) in [4.78, 5) is 0. The van der Waals surface area contributed by atoms with Gasteiger partial charge in [0.05, 0.1) is 6.10 Å². The van der Waals surface area contributed by atoms with Crippen LogP contribution in [0.15, 0.2) is 24.3 Å². The lowest BCUT2D eigenvalue weighted by Gasteiger charge is -2.19. The fraction of sp³-hybridized carbons (Fsp3) is 0.667. The molecule has 0 radical (unpaired) electrons. The summed E-state index contributed by atoms with van der Waals surface area (Å²) in [6, 6.07) is 7.20. The maximum absolute atomic E-state index is 14.0. The Morgan fingerprint density at radius 1 is 1.38 bits per heavy atom. The van der Waals surface area contributed by atoms with Crippen molar-refractivity contribution in [1.29, 1.82) is 0 Å². The Bertz CT molecular complexity index is 404. The molecule has 1 aliphatic rings. The molecule has 3 heteroatoms. The number of benzene rings is 1. The van der Waals surface area contributed by atoms with Crippen LogP contribution in [0, 0.1) is 5.82 Å². The topological polar surface area (TPSA) is 21.3 Å². The van der Waals surface area contributed by atoms with E-state index in [-0.39, 0.29) is 11.7 Å². The molecular weight excluding hydrogens is 265 g/mol. The van der Waals surface area contributed by atoms with Crippen LogP contribution in [0.1, 0.15) is 56.9 Å². The Kier molecular flexibility index (Phi) is 7.17. The monoisotopic (exact) mass is 293 g/mol. The van der Waals surface area contributed by atoms with Crippen molar-refractivity contribution in [3.05, 3.63) is 35.6 Å². The molecule has 2 atom stereocenters. The fourth-order valence-electron chi connectivity index (χ4n) is 3.09. The second kappa shape index (κ2) is 9.16. The molecule has 21 heavy (non-hydrogen) atoms. The number of hydrogen-bond acceptors (Lipinski definition) is 2. The van der Waals surface area contributed by atoms with Crippen molar-refractivity contribution in [2.75, 3.05) is 19.7 Å². The lowest BCUT2D eigenvalue weighted by atomic mass is 9.92. The average molecular weight is 293 g/mol. The molecule has 1 saturated heterocycles. The van der Waals surface area contributed by atoms with Gasteiger partial charge in [-0.3, -0.25) is 0 Å². The highest BCUT2D eigenvalue weighted by molar-refractivity contribution is 5.22. The van der Waals surface area contributed by atoms with Crippen LogP contribution < -0.4 is 5.32 Å². The third-order valence-electron chi connectivity index (χ3n) is 4.27. The Labute approximate surface area is 128 Å². The van der Waals surface area contributed by atoms with E-state index in [2.05, 4.69) is 12.2 Å². The molecule has 0 aromatic heterocycles. The lowest BCUT2D eigenvalue weighted by Crippen LogP contribution is -2.23. The van der Waals surface area contributed by atoms with Gasteiger partial charge >= 0.3 is 0 Å². The first-order valence-electron chi connectivity index (χ1n) is 8.38. The van der Waals surface area contributed by atoms with Crippen LogP contribution in [0.5, 0.6) is 0 Å². The number of hydrogen-bond donors (Lipinski definition) is 1. The van der Waals surface area contributed by atoms with Crippen molar-refractivity contribution in [3.8, 4) is 0 Å². The van der Waals surface area contributed by atoms with E-state index in [0.29, 0.717) is 6.10 Å². The average Bonchev–Trinajstić information content (AvgIpc) is 3.00. The molecule has 0 aliphatic carbocycles. The van der Waals surface area contributed by atoms with Gasteiger partial charge in [-0.2, -0.15) is 0 Å². The minimum Gasteiger partial charge on any atom is -0.378 e. The van der Waals surface area contributed by atoms with Gasteiger partial charge in [0.1, 0.15) is 5.82 Å². The molecule has 118 valence electrons. The standard InChI is InChI=1S/C18H28FNO/c1-2-12-20-14-15(17-10-3-4-11-18(17)19)7-5-8-16-9-6-13-21-16/h3-4,10-11,15-16,20H,2,5-9,12-14H2,1H3. The van der Waals surface area contributed by atoms with Gasteiger partial charge < -0.3 is 10.1 Å². The Morgan fingerprint density at radius 3 is 2.95 bits per heavy atom. The van der Waals surface area contributed by atoms with Crippen LogP contribution >= 0.6 is 0 Å². The van der Waals surface area contributed by atoms with Crippen molar-refractivity contribution in [3.63, 3.8) is 0 Å². The summed E-state index contributed by atoms with van der Waals surface area (Å²) < 4.78 is 19.7. The summed E-state index contributed by atoms with van der Waals surface area (Å²) in [5.74, 6) is 0.192. The van der Waals surface area contributed by atoms with E-state index in [9.17, 15) is 4.39 Å². The summed E-state index contributed by atoms with van der Waals surface area (Å²) in [6.07, 6.45) is 7.18. The van der Waals surface area contributed by atoms with Gasteiger partial charge in [0.15, 0.2) is 0 Å². The zero-order chi connectivity index (χ0) is 14.9. The molecule has 0 bridgehead atoms. The molecular formula is C18H28FNO. The molecule has 0 saturated carbocycles. The third kappa shape index (κ3) is 5.40. The number of ether oxygens (including phenoxy) is 1. The number of rotatable bonds is 9. The maximum Gasteiger partial charge on any atom is 0.126 e. The van der Waals surface area contributed by atoms with Crippen LogP contribution in [-0.2, 0) is 4.74 Å². The van der Waals surface area contributed by atoms with Crippen molar-refractivity contribution >= 4 is 0 Å². The summed E-state index contributed by atoms with van der Waals surface area (Å²) in [6.45, 7) is 4.93. The van der Waals surface area contributed by atoms with Gasteiger partial charge in [-0.05, 0) is 56.2 Å². The minimum atomic E-state index is -0.0714. The Hall–Kier alpha value is -0.930. The highest BCUT2D eigenvalue weighted by Gasteiger charge is 2.18. The molecule has 2 unspecified atom stereocenters. The quantitative estimate of drug-likeness (QED) is 0.687. The Balaban J connectivity index is 1.86. The molecule has 1 fully saturated rings.